The Hall–Kier alpha value is -2.52. The van der Waals surface area contributed by atoms with Gasteiger partial charge in [-0.05, 0) is 25.1 Å². The lowest BCUT2D eigenvalue weighted by atomic mass is 10.2. The monoisotopic (exact) mass is 336 g/mol. The third-order valence-corrected chi connectivity index (χ3v) is 4.42. The predicted molar refractivity (Wildman–Crippen MR) is 83.6 cm³/mol. The van der Waals surface area contributed by atoms with E-state index in [1.165, 1.54) is 24.3 Å². The van der Waals surface area contributed by atoms with E-state index in [1.54, 1.807) is 12.1 Å². The molecule has 0 radical (unpaired) electrons. The summed E-state index contributed by atoms with van der Waals surface area (Å²) in [6, 6.07) is 8.91. The second-order valence-corrected chi connectivity index (χ2v) is 6.54. The van der Waals surface area contributed by atoms with Crippen LogP contribution in [0.2, 0.25) is 0 Å². The summed E-state index contributed by atoms with van der Waals surface area (Å²) in [5.74, 6) is -0.504. The Morgan fingerprint density at radius 2 is 1.83 bits per heavy atom. The number of H-pyrrole nitrogens is 1. The van der Waals surface area contributed by atoms with E-state index in [2.05, 4.69) is 20.2 Å². The Morgan fingerprint density at radius 3 is 2.43 bits per heavy atom. The lowest BCUT2D eigenvalue weighted by Gasteiger charge is -2.08. The lowest BCUT2D eigenvalue weighted by molar-refractivity contribution is 0.0948. The highest BCUT2D eigenvalue weighted by molar-refractivity contribution is 7.89. The number of aryl methyl sites for hydroxylation is 1. The van der Waals surface area contributed by atoms with Gasteiger partial charge in [0.15, 0.2) is 0 Å². The molecule has 1 aromatic heterocycles. The van der Waals surface area contributed by atoms with E-state index in [9.17, 15) is 18.0 Å². The molecule has 0 unspecified atom stereocenters. The van der Waals surface area contributed by atoms with E-state index in [1.807, 2.05) is 6.92 Å². The van der Waals surface area contributed by atoms with Crippen LogP contribution in [0.5, 0.6) is 0 Å². The Labute approximate surface area is 133 Å². The molecule has 1 amide bonds. The second-order valence-electron chi connectivity index (χ2n) is 4.77. The van der Waals surface area contributed by atoms with Crippen LogP contribution in [0, 0.1) is 6.92 Å². The predicted octanol–water partition coefficient (Wildman–Crippen LogP) is -0.213. The number of rotatable bonds is 6. The van der Waals surface area contributed by atoms with Crippen molar-refractivity contribution < 1.29 is 13.2 Å². The Balaban J connectivity index is 1.85. The van der Waals surface area contributed by atoms with Gasteiger partial charge >= 0.3 is 0 Å². The number of hydrogen-bond acceptors (Lipinski definition) is 5. The molecule has 0 aliphatic rings. The van der Waals surface area contributed by atoms with Gasteiger partial charge in [-0.1, -0.05) is 17.7 Å². The van der Waals surface area contributed by atoms with Crippen LogP contribution in [0.4, 0.5) is 0 Å². The molecule has 0 fully saturated rings. The number of aromatic amines is 1. The molecule has 2 rings (SSSR count). The summed E-state index contributed by atoms with van der Waals surface area (Å²) in [6.45, 7) is 1.99. The third-order valence-electron chi connectivity index (χ3n) is 2.95. The highest BCUT2D eigenvalue weighted by Gasteiger charge is 2.13. The number of benzene rings is 1. The molecule has 0 saturated heterocycles. The molecule has 0 aliphatic carbocycles. The minimum Gasteiger partial charge on any atom is -0.349 e. The van der Waals surface area contributed by atoms with Gasteiger partial charge in [0.05, 0.1) is 4.90 Å². The molecule has 0 bridgehead atoms. The second kappa shape index (κ2) is 7.16. The van der Waals surface area contributed by atoms with Gasteiger partial charge in [0, 0.05) is 19.2 Å². The van der Waals surface area contributed by atoms with E-state index >= 15 is 0 Å². The van der Waals surface area contributed by atoms with E-state index in [4.69, 9.17) is 0 Å². The first-order valence-corrected chi connectivity index (χ1v) is 8.27. The van der Waals surface area contributed by atoms with Gasteiger partial charge in [-0.2, -0.15) is 5.10 Å². The maximum Gasteiger partial charge on any atom is 0.271 e. The van der Waals surface area contributed by atoms with Crippen molar-refractivity contribution in [1.82, 2.24) is 20.2 Å². The molecule has 122 valence electrons. The number of aromatic nitrogens is 2. The fourth-order valence-corrected chi connectivity index (χ4v) is 2.76. The average molecular weight is 336 g/mol. The summed E-state index contributed by atoms with van der Waals surface area (Å²) in [4.78, 5) is 22.7. The van der Waals surface area contributed by atoms with Crippen LogP contribution in [0.25, 0.3) is 0 Å². The van der Waals surface area contributed by atoms with Crippen molar-refractivity contribution in [2.45, 2.75) is 11.8 Å². The number of hydrogen-bond donors (Lipinski definition) is 3. The molecule has 8 nitrogen and oxygen atoms in total. The molecule has 1 aromatic carbocycles. The van der Waals surface area contributed by atoms with Crippen molar-refractivity contribution in [3.05, 3.63) is 58.0 Å². The van der Waals surface area contributed by atoms with Crippen molar-refractivity contribution in [3.8, 4) is 0 Å². The van der Waals surface area contributed by atoms with Gasteiger partial charge < -0.3 is 5.32 Å². The summed E-state index contributed by atoms with van der Waals surface area (Å²) in [5, 5.41) is 8.22. The topological polar surface area (TPSA) is 121 Å². The van der Waals surface area contributed by atoms with Crippen LogP contribution in [-0.2, 0) is 10.0 Å². The molecule has 3 N–H and O–H groups in total. The fourth-order valence-electron chi connectivity index (χ4n) is 1.72. The van der Waals surface area contributed by atoms with E-state index in [0.29, 0.717) is 0 Å². The molecular formula is C14H16N4O4S. The average Bonchev–Trinajstić information content (AvgIpc) is 2.52. The summed E-state index contributed by atoms with van der Waals surface area (Å²) in [5.41, 5.74) is 0.600. The molecule has 2 aromatic rings. The minimum atomic E-state index is -3.61. The molecule has 0 saturated carbocycles. The van der Waals surface area contributed by atoms with Crippen molar-refractivity contribution in [1.29, 1.82) is 0 Å². The fraction of sp³-hybridized carbons (Fsp3) is 0.214. The van der Waals surface area contributed by atoms with Crippen LogP contribution in [0.15, 0.2) is 46.1 Å². The summed E-state index contributed by atoms with van der Waals surface area (Å²) < 4.78 is 26.4. The van der Waals surface area contributed by atoms with Crippen molar-refractivity contribution in [2.75, 3.05) is 13.1 Å². The Bertz CT molecular complexity index is 823. The standard InChI is InChI=1S/C14H16N4O4S/c1-10-2-4-11(5-3-10)23(21,22)16-9-8-15-14(20)12-6-7-13(19)18-17-12/h2-7,16H,8-9H2,1H3,(H,15,20)(H,18,19). The number of sulfonamides is 1. The molecule has 0 atom stereocenters. The van der Waals surface area contributed by atoms with Crippen LogP contribution in [0.1, 0.15) is 16.1 Å². The van der Waals surface area contributed by atoms with E-state index < -0.39 is 21.5 Å². The van der Waals surface area contributed by atoms with Crippen molar-refractivity contribution >= 4 is 15.9 Å². The number of nitrogens with one attached hydrogen (secondary N) is 3. The molecule has 1 heterocycles. The van der Waals surface area contributed by atoms with Gasteiger partial charge in [0.25, 0.3) is 11.5 Å². The summed E-state index contributed by atoms with van der Waals surface area (Å²) in [7, 11) is -3.61. The minimum absolute atomic E-state index is 0.0330. The van der Waals surface area contributed by atoms with Crippen molar-refractivity contribution in [2.24, 2.45) is 0 Å². The number of carbonyl (C=O) groups is 1. The number of carbonyl (C=O) groups excluding carboxylic acids is 1. The SMILES string of the molecule is Cc1ccc(S(=O)(=O)NCCNC(=O)c2ccc(=O)[nH]n2)cc1. The van der Waals surface area contributed by atoms with Crippen molar-refractivity contribution in [3.63, 3.8) is 0 Å². The smallest absolute Gasteiger partial charge is 0.271 e. The lowest BCUT2D eigenvalue weighted by Crippen LogP contribution is -2.35. The normalized spacial score (nSPS) is 11.2. The first-order valence-electron chi connectivity index (χ1n) is 6.79. The molecule has 23 heavy (non-hydrogen) atoms. The van der Waals surface area contributed by atoms with E-state index in [-0.39, 0.29) is 23.7 Å². The highest BCUT2D eigenvalue weighted by atomic mass is 32.2. The molecular weight excluding hydrogens is 320 g/mol. The summed E-state index contributed by atoms with van der Waals surface area (Å²) in [6.07, 6.45) is 0. The number of amides is 1. The molecule has 0 spiro atoms. The quantitative estimate of drug-likeness (QED) is 0.630. The van der Waals surface area contributed by atoms with E-state index in [0.717, 1.165) is 5.56 Å². The number of nitrogens with zero attached hydrogens (tertiary/aromatic N) is 1. The third kappa shape index (κ3) is 4.73. The van der Waals surface area contributed by atoms with Crippen LogP contribution in [-0.4, -0.2) is 37.6 Å². The van der Waals surface area contributed by atoms with Gasteiger partial charge in [0.2, 0.25) is 10.0 Å². The maximum absolute atomic E-state index is 12.0. The van der Waals surface area contributed by atoms with Gasteiger partial charge in [-0.25, -0.2) is 18.2 Å². The zero-order chi connectivity index (χ0) is 16.9. The zero-order valence-corrected chi connectivity index (χ0v) is 13.2. The Morgan fingerprint density at radius 1 is 1.13 bits per heavy atom. The van der Waals surface area contributed by atoms with Crippen LogP contribution >= 0.6 is 0 Å². The van der Waals surface area contributed by atoms with Crippen LogP contribution in [0.3, 0.4) is 0 Å². The Kier molecular flexibility index (Phi) is 5.24. The molecule has 0 aliphatic heterocycles. The van der Waals surface area contributed by atoms with Gasteiger partial charge in [-0.3, -0.25) is 9.59 Å². The largest absolute Gasteiger partial charge is 0.349 e. The van der Waals surface area contributed by atoms with Crippen LogP contribution < -0.4 is 15.6 Å². The first kappa shape index (κ1) is 16.8. The molecule has 9 heteroatoms. The maximum atomic E-state index is 12.0. The zero-order valence-electron chi connectivity index (χ0n) is 12.4. The first-order chi connectivity index (χ1) is 10.9. The highest BCUT2D eigenvalue weighted by Crippen LogP contribution is 2.09. The van der Waals surface area contributed by atoms with Gasteiger partial charge in [-0.15, -0.1) is 0 Å². The summed E-state index contributed by atoms with van der Waals surface area (Å²) >= 11 is 0. The van der Waals surface area contributed by atoms with Gasteiger partial charge in [0.1, 0.15) is 5.69 Å².